The van der Waals surface area contributed by atoms with Gasteiger partial charge in [-0.25, -0.2) is 4.79 Å². The van der Waals surface area contributed by atoms with Gasteiger partial charge < -0.3 is 20.8 Å². The van der Waals surface area contributed by atoms with Crippen molar-refractivity contribution in [3.63, 3.8) is 0 Å². The molecule has 6 nitrogen and oxygen atoms in total. The Morgan fingerprint density at radius 3 is 1.89 bits per heavy atom. The Balaban J connectivity index is 2.35. The van der Waals surface area contributed by atoms with Gasteiger partial charge in [-0.3, -0.25) is 4.79 Å². The minimum absolute atomic E-state index is 0.100. The highest BCUT2D eigenvalue weighted by Crippen LogP contribution is 2.14. The van der Waals surface area contributed by atoms with Crippen molar-refractivity contribution in [1.29, 1.82) is 0 Å². The number of carboxylic acid groups (broad SMARTS) is 1. The molecule has 0 bridgehead atoms. The van der Waals surface area contributed by atoms with E-state index in [1.807, 2.05) is 18.2 Å². The van der Waals surface area contributed by atoms with Gasteiger partial charge in [-0.1, -0.05) is 122 Å². The van der Waals surface area contributed by atoms with Crippen molar-refractivity contribution in [2.45, 2.75) is 135 Å². The summed E-state index contributed by atoms with van der Waals surface area (Å²) < 4.78 is 0. The predicted octanol–water partition coefficient (Wildman–Crippen LogP) is 6.25. The summed E-state index contributed by atoms with van der Waals surface area (Å²) in [5.41, 5.74) is 1.14. The molecule has 1 amide bonds. The highest BCUT2D eigenvalue weighted by atomic mass is 16.4. The van der Waals surface area contributed by atoms with E-state index in [9.17, 15) is 19.8 Å². The fourth-order valence-electron chi connectivity index (χ4n) is 4.71. The third kappa shape index (κ3) is 16.5. The molecule has 4 N–H and O–H groups in total. The summed E-state index contributed by atoms with van der Waals surface area (Å²) in [5.74, 6) is -1.57. The maximum absolute atomic E-state index is 12.3. The molecule has 37 heavy (non-hydrogen) atoms. The second-order valence-electron chi connectivity index (χ2n) is 10.9. The molecule has 0 spiro atoms. The molecule has 0 saturated carbocycles. The van der Waals surface area contributed by atoms with Crippen LogP contribution in [0.5, 0.6) is 0 Å². The molecular weight excluding hydrogens is 464 g/mol. The summed E-state index contributed by atoms with van der Waals surface area (Å²) in [6.45, 7) is 6.63. The topological polar surface area (TPSA) is 98.7 Å². The molecule has 3 atom stereocenters. The van der Waals surface area contributed by atoms with E-state index in [4.69, 9.17) is 0 Å². The van der Waals surface area contributed by atoms with Crippen LogP contribution in [0.2, 0.25) is 0 Å². The first-order chi connectivity index (χ1) is 17.8. The number of aliphatic hydroxyl groups is 1. The van der Waals surface area contributed by atoms with E-state index in [-0.39, 0.29) is 24.3 Å². The van der Waals surface area contributed by atoms with Gasteiger partial charge in [0.25, 0.3) is 0 Å². The summed E-state index contributed by atoms with van der Waals surface area (Å²) in [7, 11) is 0. The van der Waals surface area contributed by atoms with Crippen molar-refractivity contribution in [2.75, 3.05) is 6.54 Å². The zero-order valence-electron chi connectivity index (χ0n) is 23.7. The van der Waals surface area contributed by atoms with E-state index in [2.05, 4.69) is 29.7 Å². The van der Waals surface area contributed by atoms with Gasteiger partial charge in [-0.15, -0.1) is 0 Å². The Hall–Kier alpha value is -1.92. The number of nitrogens with one attached hydrogen (secondary N) is 2. The van der Waals surface area contributed by atoms with Crippen LogP contribution < -0.4 is 10.6 Å². The number of unbranched alkanes of at least 4 members (excludes halogenated alkanes) is 11. The minimum atomic E-state index is -1.03. The molecule has 0 aromatic heterocycles. The number of hydrogen-bond acceptors (Lipinski definition) is 4. The van der Waals surface area contributed by atoms with Crippen molar-refractivity contribution in [1.82, 2.24) is 10.6 Å². The van der Waals surface area contributed by atoms with Crippen LogP contribution in [0.3, 0.4) is 0 Å². The van der Waals surface area contributed by atoms with Crippen LogP contribution in [0.15, 0.2) is 30.3 Å². The molecule has 1 aromatic rings. The first-order valence-electron chi connectivity index (χ1n) is 14.8. The number of carbonyl (C=O) groups is 2. The average Bonchev–Trinajstić information content (AvgIpc) is 2.88. The van der Waals surface area contributed by atoms with E-state index >= 15 is 0 Å². The van der Waals surface area contributed by atoms with E-state index < -0.39 is 18.1 Å². The van der Waals surface area contributed by atoms with Gasteiger partial charge in [0.05, 0.1) is 6.10 Å². The Bertz CT molecular complexity index is 710. The van der Waals surface area contributed by atoms with Crippen molar-refractivity contribution < 1.29 is 19.8 Å². The Morgan fingerprint density at radius 2 is 1.38 bits per heavy atom. The SMILES string of the molecule is CCCCCCCCCCCCCCN[C@@H](Cc1ccccc1)C(O)CCC(=O)NC(C(=O)O)C(C)C. The monoisotopic (exact) mass is 518 g/mol. The average molecular weight is 519 g/mol. The summed E-state index contributed by atoms with van der Waals surface area (Å²) in [6.07, 6.45) is 16.1. The third-order valence-electron chi connectivity index (χ3n) is 7.12. The van der Waals surface area contributed by atoms with Crippen LogP contribution in [-0.2, 0) is 16.0 Å². The van der Waals surface area contributed by atoms with Crippen LogP contribution >= 0.6 is 0 Å². The molecule has 1 aromatic carbocycles. The summed E-state index contributed by atoms with van der Waals surface area (Å²) in [6, 6.07) is 9.02. The number of amides is 1. The first kappa shape index (κ1) is 33.1. The molecule has 2 unspecified atom stereocenters. The van der Waals surface area contributed by atoms with E-state index in [1.165, 1.54) is 70.6 Å². The number of aliphatic hydroxyl groups excluding tert-OH is 1. The second-order valence-corrected chi connectivity index (χ2v) is 10.9. The van der Waals surface area contributed by atoms with Gasteiger partial charge in [0.15, 0.2) is 0 Å². The number of benzene rings is 1. The van der Waals surface area contributed by atoms with Gasteiger partial charge in [0.2, 0.25) is 5.91 Å². The van der Waals surface area contributed by atoms with Gasteiger partial charge in [-0.2, -0.15) is 0 Å². The fourth-order valence-corrected chi connectivity index (χ4v) is 4.71. The maximum Gasteiger partial charge on any atom is 0.326 e. The molecule has 0 radical (unpaired) electrons. The maximum atomic E-state index is 12.3. The Morgan fingerprint density at radius 1 is 0.838 bits per heavy atom. The molecule has 6 heteroatoms. The summed E-state index contributed by atoms with van der Waals surface area (Å²) in [5, 5.41) is 26.3. The van der Waals surface area contributed by atoms with Crippen molar-refractivity contribution in [3.05, 3.63) is 35.9 Å². The van der Waals surface area contributed by atoms with Crippen LogP contribution in [0, 0.1) is 5.92 Å². The molecule has 0 heterocycles. The van der Waals surface area contributed by atoms with Crippen LogP contribution in [-0.4, -0.2) is 46.8 Å². The second kappa shape index (κ2) is 21.1. The minimum Gasteiger partial charge on any atom is -0.480 e. The molecule has 0 aliphatic carbocycles. The lowest BCUT2D eigenvalue weighted by Gasteiger charge is -2.25. The van der Waals surface area contributed by atoms with Crippen molar-refractivity contribution in [2.24, 2.45) is 5.92 Å². The fraction of sp³-hybridized carbons (Fsp3) is 0.742. The molecule has 1 rings (SSSR count). The van der Waals surface area contributed by atoms with Crippen LogP contribution in [0.25, 0.3) is 0 Å². The van der Waals surface area contributed by atoms with E-state index in [0.29, 0.717) is 12.8 Å². The van der Waals surface area contributed by atoms with Crippen LogP contribution in [0.1, 0.15) is 116 Å². The lowest BCUT2D eigenvalue weighted by molar-refractivity contribution is -0.143. The molecule has 0 aliphatic rings. The molecular formula is C31H54N2O4. The Labute approximate surface area is 226 Å². The number of carboxylic acids is 1. The quantitative estimate of drug-likeness (QED) is 0.128. The van der Waals surface area contributed by atoms with Gasteiger partial charge in [0, 0.05) is 12.5 Å². The molecule has 212 valence electrons. The normalized spacial score (nSPS) is 13.9. The van der Waals surface area contributed by atoms with Gasteiger partial charge in [0.1, 0.15) is 6.04 Å². The zero-order chi connectivity index (χ0) is 27.3. The zero-order valence-corrected chi connectivity index (χ0v) is 23.7. The van der Waals surface area contributed by atoms with Gasteiger partial charge in [-0.05, 0) is 37.3 Å². The van der Waals surface area contributed by atoms with Crippen molar-refractivity contribution in [3.8, 4) is 0 Å². The summed E-state index contributed by atoms with van der Waals surface area (Å²) in [4.78, 5) is 23.7. The van der Waals surface area contributed by atoms with E-state index in [0.717, 1.165) is 18.5 Å². The summed E-state index contributed by atoms with van der Waals surface area (Å²) >= 11 is 0. The number of aliphatic carboxylic acids is 1. The lowest BCUT2D eigenvalue weighted by atomic mass is 9.97. The highest BCUT2D eigenvalue weighted by Gasteiger charge is 2.25. The Kier molecular flexibility index (Phi) is 18.8. The number of rotatable bonds is 23. The standard InChI is InChI=1S/C31H54N2O4/c1-4-5-6-7-8-9-10-11-12-13-14-18-23-32-27(24-26-19-16-15-17-20-26)28(34)21-22-29(35)33-30(25(2)3)31(36)37/h15-17,19-20,25,27-28,30,32,34H,4-14,18,21-24H2,1-3H3,(H,33,35)(H,36,37)/t27-,28?,30?/m0/s1. The third-order valence-corrected chi connectivity index (χ3v) is 7.12. The molecule has 0 aliphatic heterocycles. The number of hydrogen-bond donors (Lipinski definition) is 4. The smallest absolute Gasteiger partial charge is 0.326 e. The number of carbonyl (C=O) groups excluding carboxylic acids is 1. The van der Waals surface area contributed by atoms with Gasteiger partial charge >= 0.3 is 5.97 Å². The van der Waals surface area contributed by atoms with Crippen molar-refractivity contribution >= 4 is 11.9 Å². The lowest BCUT2D eigenvalue weighted by Crippen LogP contribution is -2.45. The largest absolute Gasteiger partial charge is 0.480 e. The first-order valence-corrected chi connectivity index (χ1v) is 14.8. The highest BCUT2D eigenvalue weighted by molar-refractivity contribution is 5.83. The van der Waals surface area contributed by atoms with E-state index in [1.54, 1.807) is 13.8 Å². The molecule has 0 saturated heterocycles. The molecule has 0 fully saturated rings. The predicted molar refractivity (Wildman–Crippen MR) is 153 cm³/mol. The van der Waals surface area contributed by atoms with Crippen LogP contribution in [0.4, 0.5) is 0 Å².